The van der Waals surface area contributed by atoms with Crippen molar-refractivity contribution in [1.82, 2.24) is 15.1 Å². The molecule has 0 atom stereocenters. The molecule has 1 aromatic rings. The summed E-state index contributed by atoms with van der Waals surface area (Å²) in [5.41, 5.74) is 1.19. The molecule has 1 N–H and O–H groups in total. The smallest absolute Gasteiger partial charge is 0.357 e. The highest BCUT2D eigenvalue weighted by Crippen LogP contribution is 2.21. The lowest BCUT2D eigenvalue weighted by atomic mass is 10.3. The monoisotopic (exact) mass is 317 g/mol. The number of nitrogens with one attached hydrogen (secondary N) is 1. The average Bonchev–Trinajstić information content (AvgIpc) is 2.73. The Kier molecular flexibility index (Phi) is 4.73. The van der Waals surface area contributed by atoms with Crippen LogP contribution in [0.4, 0.5) is 0 Å². The van der Waals surface area contributed by atoms with Crippen LogP contribution < -0.4 is 0 Å². The average molecular weight is 318 g/mol. The maximum atomic E-state index is 11.6. The molecule has 0 radical (unpaired) electrons. The number of carbonyl (C=O) groups is 1. The fourth-order valence-electron chi connectivity index (χ4n) is 1.78. The third-order valence-electron chi connectivity index (χ3n) is 2.73. The maximum Gasteiger partial charge on any atom is 0.357 e. The van der Waals surface area contributed by atoms with Crippen molar-refractivity contribution in [3.05, 3.63) is 15.9 Å². The van der Waals surface area contributed by atoms with E-state index in [1.54, 1.807) is 6.92 Å². The number of esters is 1. The van der Waals surface area contributed by atoms with Crippen molar-refractivity contribution in [2.75, 3.05) is 32.9 Å². The molecule has 18 heavy (non-hydrogen) atoms. The second-order valence-corrected chi connectivity index (χ2v) is 4.76. The Bertz CT molecular complexity index is 416. The van der Waals surface area contributed by atoms with Gasteiger partial charge in [-0.1, -0.05) is 0 Å². The lowest BCUT2D eigenvalue weighted by molar-refractivity contribution is 0.0335. The van der Waals surface area contributed by atoms with Gasteiger partial charge in [0.15, 0.2) is 5.69 Å². The van der Waals surface area contributed by atoms with Crippen LogP contribution in [0.15, 0.2) is 4.47 Å². The van der Waals surface area contributed by atoms with Crippen LogP contribution in [-0.4, -0.2) is 54.0 Å². The molecule has 1 aromatic heterocycles. The summed E-state index contributed by atoms with van der Waals surface area (Å²) in [5, 5.41) is 6.88. The van der Waals surface area contributed by atoms with Crippen molar-refractivity contribution in [2.45, 2.75) is 13.5 Å². The topological polar surface area (TPSA) is 67.5 Å². The molecule has 0 spiro atoms. The molecule has 1 fully saturated rings. The molecule has 100 valence electrons. The summed E-state index contributed by atoms with van der Waals surface area (Å²) in [5.74, 6) is -0.384. The van der Waals surface area contributed by atoms with Crippen LogP contribution in [0, 0.1) is 0 Å². The predicted molar refractivity (Wildman–Crippen MR) is 68.3 cm³/mol. The summed E-state index contributed by atoms with van der Waals surface area (Å²) in [6, 6.07) is 0. The maximum absolute atomic E-state index is 11.6. The van der Waals surface area contributed by atoms with E-state index in [-0.39, 0.29) is 5.97 Å². The minimum Gasteiger partial charge on any atom is -0.461 e. The third kappa shape index (κ3) is 3.09. The third-order valence-corrected chi connectivity index (χ3v) is 3.59. The summed E-state index contributed by atoms with van der Waals surface area (Å²) in [6.45, 7) is 6.07. The van der Waals surface area contributed by atoms with Crippen molar-refractivity contribution in [1.29, 1.82) is 0 Å². The molecular weight excluding hydrogens is 302 g/mol. The molecular formula is C11H16BrN3O3. The Labute approximate surface area is 114 Å². The Hall–Kier alpha value is -0.920. The second kappa shape index (κ2) is 6.31. The first-order valence-corrected chi connectivity index (χ1v) is 6.71. The van der Waals surface area contributed by atoms with Gasteiger partial charge in [0.1, 0.15) is 0 Å². The Morgan fingerprint density at radius 3 is 2.94 bits per heavy atom. The molecule has 7 heteroatoms. The second-order valence-electron chi connectivity index (χ2n) is 3.97. The molecule has 0 bridgehead atoms. The zero-order valence-electron chi connectivity index (χ0n) is 10.2. The molecule has 1 aliphatic rings. The summed E-state index contributed by atoms with van der Waals surface area (Å²) >= 11 is 3.40. The lowest BCUT2D eigenvalue weighted by Crippen LogP contribution is -2.35. The molecule has 2 rings (SSSR count). The van der Waals surface area contributed by atoms with Crippen molar-refractivity contribution >= 4 is 21.9 Å². The number of rotatable bonds is 4. The molecule has 0 saturated carbocycles. The van der Waals surface area contributed by atoms with E-state index in [0.717, 1.165) is 32.0 Å². The van der Waals surface area contributed by atoms with Gasteiger partial charge in [0.05, 0.1) is 30.0 Å². The predicted octanol–water partition coefficient (Wildman–Crippen LogP) is 1.18. The van der Waals surface area contributed by atoms with Gasteiger partial charge >= 0.3 is 5.97 Å². The zero-order chi connectivity index (χ0) is 13.0. The molecule has 0 unspecified atom stereocenters. The first kappa shape index (κ1) is 13.5. The Morgan fingerprint density at radius 2 is 2.28 bits per heavy atom. The van der Waals surface area contributed by atoms with Crippen LogP contribution >= 0.6 is 15.9 Å². The quantitative estimate of drug-likeness (QED) is 0.845. The molecule has 1 aliphatic heterocycles. The van der Waals surface area contributed by atoms with E-state index in [0.29, 0.717) is 23.3 Å². The normalized spacial score (nSPS) is 16.8. The fraction of sp³-hybridized carbons (Fsp3) is 0.636. The van der Waals surface area contributed by atoms with E-state index in [1.807, 2.05) is 0 Å². The van der Waals surface area contributed by atoms with Crippen molar-refractivity contribution in [3.8, 4) is 0 Å². The lowest BCUT2D eigenvalue weighted by Gasteiger charge is -2.25. The molecule has 0 amide bonds. The van der Waals surface area contributed by atoms with Gasteiger partial charge in [-0.25, -0.2) is 4.79 Å². The molecule has 0 aliphatic carbocycles. The van der Waals surface area contributed by atoms with Gasteiger partial charge in [0, 0.05) is 19.6 Å². The molecule has 2 heterocycles. The van der Waals surface area contributed by atoms with Gasteiger partial charge in [-0.2, -0.15) is 5.10 Å². The number of aromatic nitrogens is 2. The summed E-state index contributed by atoms with van der Waals surface area (Å²) in [6.07, 6.45) is 0. The van der Waals surface area contributed by atoms with E-state index < -0.39 is 0 Å². The van der Waals surface area contributed by atoms with Gasteiger partial charge in [0.25, 0.3) is 0 Å². The SMILES string of the molecule is CCOC(=O)c1[nH]nc(CN2CCOCC2)c1Br. The number of halogens is 1. The summed E-state index contributed by atoms with van der Waals surface area (Å²) in [4.78, 5) is 13.8. The molecule has 6 nitrogen and oxygen atoms in total. The van der Waals surface area contributed by atoms with Crippen LogP contribution in [0.1, 0.15) is 23.1 Å². The van der Waals surface area contributed by atoms with E-state index in [9.17, 15) is 4.79 Å². The first-order valence-electron chi connectivity index (χ1n) is 5.92. The summed E-state index contributed by atoms with van der Waals surface area (Å²) in [7, 11) is 0. The number of morpholine rings is 1. The van der Waals surface area contributed by atoms with Crippen LogP contribution in [0.5, 0.6) is 0 Å². The minimum absolute atomic E-state index is 0.350. The Balaban J connectivity index is 2.03. The number of nitrogens with zero attached hydrogens (tertiary/aromatic N) is 2. The first-order chi connectivity index (χ1) is 8.72. The standard InChI is InChI=1S/C11H16BrN3O3/c1-2-18-11(16)10-9(12)8(13-14-10)7-15-3-5-17-6-4-15/h2-7H2,1H3,(H,13,14). The Morgan fingerprint density at radius 1 is 1.56 bits per heavy atom. The van der Waals surface area contributed by atoms with E-state index in [2.05, 4.69) is 31.0 Å². The van der Waals surface area contributed by atoms with Crippen LogP contribution in [0.3, 0.4) is 0 Å². The van der Waals surface area contributed by atoms with E-state index in [4.69, 9.17) is 9.47 Å². The zero-order valence-corrected chi connectivity index (χ0v) is 11.8. The highest BCUT2D eigenvalue weighted by atomic mass is 79.9. The van der Waals surface area contributed by atoms with Gasteiger partial charge in [-0.05, 0) is 22.9 Å². The number of carbonyl (C=O) groups excluding carboxylic acids is 1. The highest BCUT2D eigenvalue weighted by Gasteiger charge is 2.20. The van der Waals surface area contributed by atoms with E-state index >= 15 is 0 Å². The van der Waals surface area contributed by atoms with Crippen LogP contribution in [0.25, 0.3) is 0 Å². The highest BCUT2D eigenvalue weighted by molar-refractivity contribution is 9.10. The number of hydrogen-bond acceptors (Lipinski definition) is 5. The van der Waals surface area contributed by atoms with Gasteiger partial charge < -0.3 is 9.47 Å². The van der Waals surface area contributed by atoms with E-state index in [1.165, 1.54) is 0 Å². The van der Waals surface area contributed by atoms with Gasteiger partial charge in [0.2, 0.25) is 0 Å². The van der Waals surface area contributed by atoms with Gasteiger partial charge in [-0.3, -0.25) is 10.00 Å². The fourth-order valence-corrected chi connectivity index (χ4v) is 2.24. The van der Waals surface area contributed by atoms with Crippen molar-refractivity contribution < 1.29 is 14.3 Å². The number of aromatic amines is 1. The number of hydrogen-bond donors (Lipinski definition) is 1. The van der Waals surface area contributed by atoms with Crippen LogP contribution in [0.2, 0.25) is 0 Å². The summed E-state index contributed by atoms with van der Waals surface area (Å²) < 4.78 is 10.9. The number of H-pyrrole nitrogens is 1. The van der Waals surface area contributed by atoms with Gasteiger partial charge in [-0.15, -0.1) is 0 Å². The molecule has 0 aromatic carbocycles. The van der Waals surface area contributed by atoms with Crippen molar-refractivity contribution in [3.63, 3.8) is 0 Å². The van der Waals surface area contributed by atoms with Crippen LogP contribution in [-0.2, 0) is 16.0 Å². The number of ether oxygens (including phenoxy) is 2. The molecule has 1 saturated heterocycles. The minimum atomic E-state index is -0.384. The van der Waals surface area contributed by atoms with Crippen molar-refractivity contribution in [2.24, 2.45) is 0 Å². The largest absolute Gasteiger partial charge is 0.461 e.